The van der Waals surface area contributed by atoms with Crippen LogP contribution >= 0.6 is 0 Å². The third-order valence-electron chi connectivity index (χ3n) is 3.73. The molecule has 0 saturated heterocycles. The maximum Gasteiger partial charge on any atom is 0.319 e. The molecule has 2 heterocycles. The zero-order valence-corrected chi connectivity index (χ0v) is 13.4. The number of urea groups is 1. The molecule has 3 aromatic rings. The minimum absolute atomic E-state index is 0.177. The van der Waals surface area contributed by atoms with Crippen LogP contribution in [0.2, 0.25) is 0 Å². The van der Waals surface area contributed by atoms with E-state index in [-0.39, 0.29) is 12.1 Å². The van der Waals surface area contributed by atoms with Gasteiger partial charge in [0.25, 0.3) is 0 Å². The highest BCUT2D eigenvalue weighted by Gasteiger charge is 2.17. The van der Waals surface area contributed by atoms with E-state index in [1.165, 1.54) is 0 Å². The van der Waals surface area contributed by atoms with Crippen molar-refractivity contribution < 1.29 is 4.79 Å². The van der Waals surface area contributed by atoms with Crippen molar-refractivity contribution in [2.75, 3.05) is 5.32 Å². The summed E-state index contributed by atoms with van der Waals surface area (Å²) >= 11 is 0. The third kappa shape index (κ3) is 3.98. The van der Waals surface area contributed by atoms with Crippen LogP contribution < -0.4 is 10.6 Å². The van der Waals surface area contributed by atoms with Crippen molar-refractivity contribution in [2.24, 2.45) is 7.05 Å². The third-order valence-corrected chi connectivity index (χ3v) is 3.73. The molecule has 24 heavy (non-hydrogen) atoms. The highest BCUT2D eigenvalue weighted by molar-refractivity contribution is 5.89. The number of imidazole rings is 1. The lowest BCUT2D eigenvalue weighted by Crippen LogP contribution is -2.34. The van der Waals surface area contributed by atoms with E-state index in [0.29, 0.717) is 12.1 Å². The van der Waals surface area contributed by atoms with Crippen molar-refractivity contribution in [3.63, 3.8) is 0 Å². The Morgan fingerprint density at radius 2 is 2.00 bits per heavy atom. The number of nitrogens with one attached hydrogen (secondary N) is 2. The van der Waals surface area contributed by atoms with Gasteiger partial charge < -0.3 is 15.2 Å². The van der Waals surface area contributed by atoms with Gasteiger partial charge in [-0.15, -0.1) is 0 Å². The fourth-order valence-electron chi connectivity index (χ4n) is 2.48. The SMILES string of the molecule is Cn1ccnc1CC(NC(=O)Nc1cccnc1)c1ccccc1. The molecule has 0 fully saturated rings. The Kier molecular flexibility index (Phi) is 4.86. The molecule has 0 radical (unpaired) electrons. The van der Waals surface area contributed by atoms with E-state index in [1.54, 1.807) is 30.7 Å². The summed E-state index contributed by atoms with van der Waals surface area (Å²) in [6.45, 7) is 0. The van der Waals surface area contributed by atoms with Gasteiger partial charge in [0.1, 0.15) is 5.82 Å². The molecule has 2 amide bonds. The first kappa shape index (κ1) is 15.7. The Morgan fingerprint density at radius 3 is 2.67 bits per heavy atom. The average Bonchev–Trinajstić information content (AvgIpc) is 3.01. The lowest BCUT2D eigenvalue weighted by atomic mass is 10.0. The Balaban J connectivity index is 1.75. The Hall–Kier alpha value is -3.15. The number of carbonyl (C=O) groups is 1. The summed E-state index contributed by atoms with van der Waals surface area (Å²) in [6, 6.07) is 13.0. The van der Waals surface area contributed by atoms with Gasteiger partial charge in [0, 0.05) is 32.1 Å². The molecule has 0 aliphatic carbocycles. The zero-order valence-electron chi connectivity index (χ0n) is 13.4. The summed E-state index contributed by atoms with van der Waals surface area (Å²) in [5, 5.41) is 5.81. The largest absolute Gasteiger partial charge is 0.338 e. The van der Waals surface area contributed by atoms with Gasteiger partial charge in [0.15, 0.2) is 0 Å². The average molecular weight is 321 g/mol. The highest BCUT2D eigenvalue weighted by atomic mass is 16.2. The summed E-state index contributed by atoms with van der Waals surface area (Å²) in [5.41, 5.74) is 1.68. The molecule has 0 saturated carbocycles. The van der Waals surface area contributed by atoms with Crippen molar-refractivity contribution in [1.29, 1.82) is 0 Å². The van der Waals surface area contributed by atoms with E-state index >= 15 is 0 Å². The van der Waals surface area contributed by atoms with Crippen molar-refractivity contribution in [2.45, 2.75) is 12.5 Å². The summed E-state index contributed by atoms with van der Waals surface area (Å²) in [6.07, 6.45) is 7.53. The van der Waals surface area contributed by atoms with E-state index in [2.05, 4.69) is 20.6 Å². The van der Waals surface area contributed by atoms with Crippen LogP contribution in [0.4, 0.5) is 10.5 Å². The summed E-state index contributed by atoms with van der Waals surface area (Å²) < 4.78 is 1.96. The second kappa shape index (κ2) is 7.41. The predicted octanol–water partition coefficient (Wildman–Crippen LogP) is 2.92. The number of nitrogens with zero attached hydrogens (tertiary/aromatic N) is 3. The minimum atomic E-state index is -0.272. The lowest BCUT2D eigenvalue weighted by Gasteiger charge is -2.19. The molecule has 6 heteroatoms. The van der Waals surface area contributed by atoms with Gasteiger partial charge in [-0.05, 0) is 17.7 Å². The number of amides is 2. The lowest BCUT2D eigenvalue weighted by molar-refractivity contribution is 0.248. The number of benzene rings is 1. The second-order valence-corrected chi connectivity index (χ2v) is 5.46. The van der Waals surface area contributed by atoms with Gasteiger partial charge in [-0.25, -0.2) is 9.78 Å². The number of rotatable bonds is 5. The number of carbonyl (C=O) groups excluding carboxylic acids is 1. The maximum atomic E-state index is 12.3. The van der Waals surface area contributed by atoms with Gasteiger partial charge in [0.2, 0.25) is 0 Å². The van der Waals surface area contributed by atoms with Gasteiger partial charge in [-0.3, -0.25) is 4.98 Å². The van der Waals surface area contributed by atoms with Crippen LogP contribution in [0.3, 0.4) is 0 Å². The molecule has 0 aliphatic heterocycles. The quantitative estimate of drug-likeness (QED) is 0.759. The van der Waals surface area contributed by atoms with Crippen LogP contribution in [-0.4, -0.2) is 20.6 Å². The molecule has 0 spiro atoms. The van der Waals surface area contributed by atoms with Crippen LogP contribution in [0.25, 0.3) is 0 Å². The van der Waals surface area contributed by atoms with Gasteiger partial charge >= 0.3 is 6.03 Å². The van der Waals surface area contributed by atoms with E-state index in [1.807, 2.05) is 48.1 Å². The zero-order chi connectivity index (χ0) is 16.8. The molecule has 122 valence electrons. The van der Waals surface area contributed by atoms with E-state index in [0.717, 1.165) is 11.4 Å². The fraction of sp³-hybridized carbons (Fsp3) is 0.167. The smallest absolute Gasteiger partial charge is 0.319 e. The summed E-state index contributed by atoms with van der Waals surface area (Å²) in [7, 11) is 1.94. The molecule has 1 aromatic carbocycles. The second-order valence-electron chi connectivity index (χ2n) is 5.46. The molecule has 2 N–H and O–H groups in total. The van der Waals surface area contributed by atoms with Crippen LogP contribution in [0, 0.1) is 0 Å². The minimum Gasteiger partial charge on any atom is -0.338 e. The van der Waals surface area contributed by atoms with Crippen molar-refractivity contribution in [3.05, 3.63) is 78.6 Å². The number of aryl methyl sites for hydroxylation is 1. The Bertz CT molecular complexity index is 785. The van der Waals surface area contributed by atoms with Crippen LogP contribution in [0.15, 0.2) is 67.3 Å². The standard InChI is InChI=1S/C18H19N5O/c1-23-11-10-20-17(23)12-16(14-6-3-2-4-7-14)22-18(24)21-15-8-5-9-19-13-15/h2-11,13,16H,12H2,1H3,(H2,21,22,24). The first-order valence-corrected chi connectivity index (χ1v) is 7.71. The van der Waals surface area contributed by atoms with Gasteiger partial charge in [-0.2, -0.15) is 0 Å². The van der Waals surface area contributed by atoms with E-state index in [9.17, 15) is 4.79 Å². The van der Waals surface area contributed by atoms with Crippen molar-refractivity contribution >= 4 is 11.7 Å². The first-order valence-electron chi connectivity index (χ1n) is 7.71. The van der Waals surface area contributed by atoms with Crippen molar-refractivity contribution in [3.8, 4) is 0 Å². The number of anilines is 1. The topological polar surface area (TPSA) is 71.8 Å². The molecular weight excluding hydrogens is 302 g/mol. The molecule has 3 rings (SSSR count). The van der Waals surface area contributed by atoms with E-state index < -0.39 is 0 Å². The number of aromatic nitrogens is 3. The molecule has 0 bridgehead atoms. The molecule has 0 aliphatic rings. The van der Waals surface area contributed by atoms with Gasteiger partial charge in [-0.1, -0.05) is 30.3 Å². The van der Waals surface area contributed by atoms with Gasteiger partial charge in [0.05, 0.1) is 17.9 Å². The summed E-state index contributed by atoms with van der Waals surface area (Å²) in [5.74, 6) is 0.908. The molecule has 2 aromatic heterocycles. The van der Waals surface area contributed by atoms with Crippen LogP contribution in [0.5, 0.6) is 0 Å². The fourth-order valence-corrected chi connectivity index (χ4v) is 2.48. The monoisotopic (exact) mass is 321 g/mol. The van der Waals surface area contributed by atoms with Crippen LogP contribution in [0.1, 0.15) is 17.4 Å². The predicted molar refractivity (Wildman–Crippen MR) is 92.5 cm³/mol. The molecule has 1 atom stereocenters. The Morgan fingerprint density at radius 1 is 1.17 bits per heavy atom. The normalized spacial score (nSPS) is 11.7. The maximum absolute atomic E-state index is 12.3. The van der Waals surface area contributed by atoms with Crippen LogP contribution in [-0.2, 0) is 13.5 Å². The molecule has 1 unspecified atom stereocenters. The highest BCUT2D eigenvalue weighted by Crippen LogP contribution is 2.17. The van der Waals surface area contributed by atoms with E-state index in [4.69, 9.17) is 0 Å². The molecular formula is C18H19N5O. The molecule has 6 nitrogen and oxygen atoms in total. The number of hydrogen-bond donors (Lipinski definition) is 2. The number of hydrogen-bond acceptors (Lipinski definition) is 3. The number of pyridine rings is 1. The Labute approximate surface area is 140 Å². The summed E-state index contributed by atoms with van der Waals surface area (Å²) in [4.78, 5) is 20.7. The van der Waals surface area contributed by atoms with Crippen molar-refractivity contribution in [1.82, 2.24) is 19.9 Å². The first-order chi connectivity index (χ1) is 11.7.